The first-order valence-electron chi connectivity index (χ1n) is 10.8. The summed E-state index contributed by atoms with van der Waals surface area (Å²) in [6.45, 7) is 1.24. The number of carbonyl (C=O) groups excluding carboxylic acids is 1. The zero-order valence-corrected chi connectivity index (χ0v) is 18.9. The minimum Gasteiger partial charge on any atom is -0.376 e. The topological polar surface area (TPSA) is 73.2 Å². The highest BCUT2D eigenvalue weighted by Gasteiger charge is 2.25. The van der Waals surface area contributed by atoms with E-state index in [1.54, 1.807) is 15.9 Å². The third-order valence-corrected chi connectivity index (χ3v) is 8.00. The number of carbonyl (C=O) groups is 1. The lowest BCUT2D eigenvalue weighted by Gasteiger charge is -2.16. The van der Waals surface area contributed by atoms with E-state index >= 15 is 0 Å². The van der Waals surface area contributed by atoms with Crippen LogP contribution in [-0.2, 0) is 28.9 Å². The van der Waals surface area contributed by atoms with Gasteiger partial charge in [-0.25, -0.2) is 4.98 Å². The quantitative estimate of drug-likeness (QED) is 0.444. The van der Waals surface area contributed by atoms with Crippen molar-refractivity contribution < 1.29 is 9.53 Å². The number of benzene rings is 1. The molecule has 3 aromatic rings. The Morgan fingerprint density at radius 2 is 2.06 bits per heavy atom. The van der Waals surface area contributed by atoms with Crippen LogP contribution >= 0.6 is 23.1 Å². The molecule has 1 aliphatic heterocycles. The molecule has 1 fully saturated rings. The molecular weight excluding hydrogens is 430 g/mol. The number of rotatable bonds is 6. The van der Waals surface area contributed by atoms with E-state index in [1.807, 2.05) is 30.3 Å². The van der Waals surface area contributed by atoms with Gasteiger partial charge in [0, 0.05) is 17.2 Å². The Morgan fingerprint density at radius 1 is 1.23 bits per heavy atom. The zero-order valence-electron chi connectivity index (χ0n) is 17.3. The normalized spacial score (nSPS) is 18.3. The molecule has 2 aromatic heterocycles. The summed E-state index contributed by atoms with van der Waals surface area (Å²) >= 11 is 2.97. The van der Waals surface area contributed by atoms with Crippen LogP contribution in [0.2, 0.25) is 0 Å². The second-order valence-corrected chi connectivity index (χ2v) is 10.1. The van der Waals surface area contributed by atoms with Gasteiger partial charge in [0.05, 0.1) is 23.8 Å². The van der Waals surface area contributed by atoms with Gasteiger partial charge in [0.15, 0.2) is 5.16 Å². The van der Waals surface area contributed by atoms with E-state index < -0.39 is 0 Å². The third-order valence-electron chi connectivity index (χ3n) is 5.84. The number of hydrogen-bond donors (Lipinski definition) is 1. The molecule has 1 saturated heterocycles. The Bertz CT molecular complexity index is 1150. The van der Waals surface area contributed by atoms with Crippen LogP contribution in [-0.4, -0.2) is 33.9 Å². The van der Waals surface area contributed by atoms with Crippen molar-refractivity contribution >= 4 is 44.9 Å². The molecule has 0 spiro atoms. The molecule has 1 aliphatic carbocycles. The van der Waals surface area contributed by atoms with Crippen molar-refractivity contribution in [2.75, 3.05) is 17.7 Å². The zero-order chi connectivity index (χ0) is 21.2. The Balaban J connectivity index is 1.45. The smallest absolute Gasteiger partial charge is 0.263 e. The highest BCUT2D eigenvalue weighted by Crippen LogP contribution is 2.35. The van der Waals surface area contributed by atoms with Crippen LogP contribution in [0.25, 0.3) is 10.2 Å². The maximum atomic E-state index is 13.6. The Hall–Kier alpha value is -2.16. The number of anilines is 1. The van der Waals surface area contributed by atoms with Crippen LogP contribution in [0, 0.1) is 0 Å². The van der Waals surface area contributed by atoms with Crippen molar-refractivity contribution in [2.24, 2.45) is 0 Å². The molecule has 1 amide bonds. The fourth-order valence-corrected chi connectivity index (χ4v) is 6.44. The predicted molar refractivity (Wildman–Crippen MR) is 125 cm³/mol. The van der Waals surface area contributed by atoms with Crippen molar-refractivity contribution in [3.05, 3.63) is 51.1 Å². The fourth-order valence-electron chi connectivity index (χ4n) is 4.33. The third kappa shape index (κ3) is 4.42. The summed E-state index contributed by atoms with van der Waals surface area (Å²) in [6.07, 6.45) is 6.28. The van der Waals surface area contributed by atoms with E-state index in [0.717, 1.165) is 54.6 Å². The summed E-state index contributed by atoms with van der Waals surface area (Å²) < 4.78 is 7.55. The second-order valence-electron chi connectivity index (χ2n) is 8.04. The number of thiophene rings is 1. The summed E-state index contributed by atoms with van der Waals surface area (Å²) in [5.41, 5.74) is 1.98. The molecule has 0 bridgehead atoms. The summed E-state index contributed by atoms with van der Waals surface area (Å²) in [5.74, 6) is 0.0865. The van der Waals surface area contributed by atoms with E-state index in [0.29, 0.717) is 11.7 Å². The van der Waals surface area contributed by atoms with E-state index in [4.69, 9.17) is 9.72 Å². The number of hydrogen-bond acceptors (Lipinski definition) is 6. The fraction of sp³-hybridized carbons (Fsp3) is 0.435. The molecule has 1 atom stereocenters. The first-order chi connectivity index (χ1) is 15.2. The van der Waals surface area contributed by atoms with Crippen LogP contribution in [0.15, 0.2) is 40.3 Å². The average molecular weight is 456 g/mol. The van der Waals surface area contributed by atoms with E-state index in [-0.39, 0.29) is 23.3 Å². The minimum absolute atomic E-state index is 0.0193. The van der Waals surface area contributed by atoms with Gasteiger partial charge < -0.3 is 10.1 Å². The van der Waals surface area contributed by atoms with Gasteiger partial charge in [-0.1, -0.05) is 30.0 Å². The molecule has 0 saturated carbocycles. The number of aromatic nitrogens is 2. The van der Waals surface area contributed by atoms with Crippen molar-refractivity contribution in [1.29, 1.82) is 0 Å². The van der Waals surface area contributed by atoms with Crippen LogP contribution in [0.1, 0.15) is 36.1 Å². The van der Waals surface area contributed by atoms with Gasteiger partial charge in [-0.05, 0) is 56.2 Å². The summed E-state index contributed by atoms with van der Waals surface area (Å²) in [7, 11) is 0. The van der Waals surface area contributed by atoms with Gasteiger partial charge >= 0.3 is 0 Å². The number of amides is 1. The lowest BCUT2D eigenvalue weighted by atomic mass is 9.97. The van der Waals surface area contributed by atoms with E-state index in [9.17, 15) is 9.59 Å². The number of aryl methyl sites for hydroxylation is 2. The maximum Gasteiger partial charge on any atom is 0.263 e. The highest BCUT2D eigenvalue weighted by atomic mass is 32.2. The summed E-state index contributed by atoms with van der Waals surface area (Å²) in [6, 6.07) is 9.40. The number of thioether (sulfide) groups is 1. The van der Waals surface area contributed by atoms with Crippen molar-refractivity contribution in [1.82, 2.24) is 9.55 Å². The monoisotopic (exact) mass is 455 g/mol. The highest BCUT2D eigenvalue weighted by molar-refractivity contribution is 7.99. The SMILES string of the molecule is O=C(CSc1nc2sc3c(c2c(=O)n1CC1CCCO1)CCCC3)Nc1ccccc1. The van der Waals surface area contributed by atoms with Gasteiger partial charge in [-0.15, -0.1) is 11.3 Å². The van der Waals surface area contributed by atoms with Crippen LogP contribution in [0.3, 0.4) is 0 Å². The molecule has 6 nitrogen and oxygen atoms in total. The first-order valence-corrected chi connectivity index (χ1v) is 12.6. The molecule has 1 unspecified atom stereocenters. The molecule has 1 aromatic carbocycles. The number of para-hydroxylation sites is 1. The Kier molecular flexibility index (Phi) is 6.11. The molecule has 2 aliphatic rings. The summed E-state index contributed by atoms with van der Waals surface area (Å²) in [5, 5.41) is 4.29. The van der Waals surface area contributed by atoms with Crippen LogP contribution in [0.4, 0.5) is 5.69 Å². The van der Waals surface area contributed by atoms with Gasteiger partial charge in [-0.3, -0.25) is 14.2 Å². The predicted octanol–water partition coefficient (Wildman–Crippen LogP) is 4.25. The lowest BCUT2D eigenvalue weighted by molar-refractivity contribution is -0.113. The number of nitrogens with one attached hydrogen (secondary N) is 1. The molecule has 1 N–H and O–H groups in total. The number of fused-ring (bicyclic) bond motifs is 3. The average Bonchev–Trinajstić information content (AvgIpc) is 3.42. The van der Waals surface area contributed by atoms with Crippen molar-refractivity contribution in [2.45, 2.75) is 56.3 Å². The van der Waals surface area contributed by atoms with Gasteiger partial charge in [0.1, 0.15) is 4.83 Å². The van der Waals surface area contributed by atoms with E-state index in [2.05, 4.69) is 5.32 Å². The lowest BCUT2D eigenvalue weighted by Crippen LogP contribution is -2.29. The maximum absolute atomic E-state index is 13.6. The van der Waals surface area contributed by atoms with Gasteiger partial charge in [0.25, 0.3) is 5.56 Å². The Labute approximate surface area is 189 Å². The molecule has 3 heterocycles. The molecule has 162 valence electrons. The van der Waals surface area contributed by atoms with E-state index in [1.165, 1.54) is 28.6 Å². The molecular formula is C23H25N3O3S2. The van der Waals surface area contributed by atoms with Crippen molar-refractivity contribution in [3.63, 3.8) is 0 Å². The number of ether oxygens (including phenoxy) is 1. The van der Waals surface area contributed by atoms with Crippen LogP contribution in [0.5, 0.6) is 0 Å². The second kappa shape index (κ2) is 9.14. The van der Waals surface area contributed by atoms with Crippen LogP contribution < -0.4 is 10.9 Å². The van der Waals surface area contributed by atoms with Gasteiger partial charge in [0.2, 0.25) is 5.91 Å². The molecule has 8 heteroatoms. The van der Waals surface area contributed by atoms with Gasteiger partial charge in [-0.2, -0.15) is 0 Å². The van der Waals surface area contributed by atoms with Crippen molar-refractivity contribution in [3.8, 4) is 0 Å². The molecule has 0 radical (unpaired) electrons. The standard InChI is InChI=1S/C23H25N3O3S2/c27-19(24-15-7-2-1-3-8-15)14-30-23-25-21-20(17-10-4-5-11-18(17)31-21)22(28)26(23)13-16-9-6-12-29-16/h1-3,7-8,16H,4-6,9-14H2,(H,24,27). The molecule has 31 heavy (non-hydrogen) atoms. The largest absolute Gasteiger partial charge is 0.376 e. The Morgan fingerprint density at radius 3 is 2.87 bits per heavy atom. The first kappa shape index (κ1) is 20.7. The summed E-state index contributed by atoms with van der Waals surface area (Å²) in [4.78, 5) is 33.0. The minimum atomic E-state index is -0.111. The molecule has 5 rings (SSSR count). The number of nitrogens with zero attached hydrogens (tertiary/aromatic N) is 2.